The summed E-state index contributed by atoms with van der Waals surface area (Å²) in [5.74, 6) is -1.63. The predicted molar refractivity (Wildman–Crippen MR) is 85.7 cm³/mol. The lowest BCUT2D eigenvalue weighted by molar-refractivity contribution is 0.0928. The van der Waals surface area contributed by atoms with Gasteiger partial charge in [-0.05, 0) is 31.2 Å². The van der Waals surface area contributed by atoms with Crippen LogP contribution >= 0.6 is 0 Å². The van der Waals surface area contributed by atoms with Gasteiger partial charge in [0.25, 0.3) is 0 Å². The van der Waals surface area contributed by atoms with E-state index in [0.29, 0.717) is 16.5 Å². The molecule has 0 saturated carbocycles. The average Bonchev–Trinajstić information content (AvgIpc) is 2.88. The van der Waals surface area contributed by atoms with Crippen LogP contribution in [0.3, 0.4) is 0 Å². The number of benzene rings is 2. The summed E-state index contributed by atoms with van der Waals surface area (Å²) in [7, 11) is 0. The van der Waals surface area contributed by atoms with Crippen LogP contribution in [0.4, 0.5) is 4.39 Å². The molecular weight excluding hydrogens is 315 g/mol. The van der Waals surface area contributed by atoms with Crippen molar-refractivity contribution in [2.75, 3.05) is 0 Å². The van der Waals surface area contributed by atoms with Crippen LogP contribution < -0.4 is 5.43 Å². The SMILES string of the molecule is Cc1c(C(=O)N/N=C/c2c(O)cccc2F)oc2cccc(O)c12. The van der Waals surface area contributed by atoms with Gasteiger partial charge in [0.15, 0.2) is 5.76 Å². The van der Waals surface area contributed by atoms with E-state index in [4.69, 9.17) is 4.42 Å². The fourth-order valence-corrected chi connectivity index (χ4v) is 2.36. The fourth-order valence-electron chi connectivity index (χ4n) is 2.36. The van der Waals surface area contributed by atoms with Crippen molar-refractivity contribution in [3.8, 4) is 11.5 Å². The molecule has 24 heavy (non-hydrogen) atoms. The molecular formula is C17H13FN2O4. The summed E-state index contributed by atoms with van der Waals surface area (Å²) in [6.07, 6.45) is 0.998. The van der Waals surface area contributed by atoms with Crippen LogP contribution in [0, 0.1) is 12.7 Å². The zero-order valence-corrected chi connectivity index (χ0v) is 12.6. The first-order valence-corrected chi connectivity index (χ1v) is 7.01. The normalized spacial score (nSPS) is 11.2. The fraction of sp³-hybridized carbons (Fsp3) is 0.0588. The van der Waals surface area contributed by atoms with Crippen LogP contribution in [0.1, 0.15) is 21.7 Å². The molecule has 0 saturated heterocycles. The maximum atomic E-state index is 13.5. The quantitative estimate of drug-likeness (QED) is 0.509. The van der Waals surface area contributed by atoms with Crippen molar-refractivity contribution in [1.82, 2.24) is 5.43 Å². The van der Waals surface area contributed by atoms with Crippen molar-refractivity contribution in [3.63, 3.8) is 0 Å². The molecule has 7 heteroatoms. The van der Waals surface area contributed by atoms with E-state index in [1.807, 2.05) is 0 Å². The second-order valence-corrected chi connectivity index (χ2v) is 5.08. The predicted octanol–water partition coefficient (Wildman–Crippen LogP) is 3.06. The highest BCUT2D eigenvalue weighted by molar-refractivity contribution is 6.01. The van der Waals surface area contributed by atoms with Crippen LogP contribution in [0.5, 0.6) is 11.5 Å². The molecule has 0 unspecified atom stereocenters. The number of phenols is 2. The lowest BCUT2D eigenvalue weighted by atomic mass is 10.1. The van der Waals surface area contributed by atoms with Crippen molar-refractivity contribution in [2.24, 2.45) is 5.10 Å². The maximum absolute atomic E-state index is 13.5. The lowest BCUT2D eigenvalue weighted by Crippen LogP contribution is -2.17. The summed E-state index contributed by atoms with van der Waals surface area (Å²) in [6, 6.07) is 8.53. The van der Waals surface area contributed by atoms with Crippen LogP contribution in [0.15, 0.2) is 45.9 Å². The third-order valence-corrected chi connectivity index (χ3v) is 3.53. The number of hydrazone groups is 1. The summed E-state index contributed by atoms with van der Waals surface area (Å²) in [5, 5.41) is 23.5. The molecule has 0 aliphatic rings. The van der Waals surface area contributed by atoms with Gasteiger partial charge in [0, 0.05) is 5.56 Å². The third-order valence-electron chi connectivity index (χ3n) is 3.53. The minimum atomic E-state index is -0.669. The summed E-state index contributed by atoms with van der Waals surface area (Å²) in [5.41, 5.74) is 2.89. The first-order valence-electron chi connectivity index (χ1n) is 7.01. The number of furan rings is 1. The molecule has 0 radical (unpaired) electrons. The summed E-state index contributed by atoms with van der Waals surface area (Å²) in [4.78, 5) is 12.2. The number of hydrogen-bond donors (Lipinski definition) is 3. The molecule has 0 spiro atoms. The molecule has 0 atom stereocenters. The molecule has 3 N–H and O–H groups in total. The molecule has 0 aliphatic carbocycles. The Hall–Kier alpha value is -3.35. The van der Waals surface area contributed by atoms with Crippen molar-refractivity contribution < 1.29 is 23.8 Å². The van der Waals surface area contributed by atoms with E-state index in [9.17, 15) is 19.4 Å². The summed E-state index contributed by atoms with van der Waals surface area (Å²) in [6.45, 7) is 1.63. The molecule has 3 aromatic rings. The van der Waals surface area contributed by atoms with Crippen LogP contribution in [0.25, 0.3) is 11.0 Å². The van der Waals surface area contributed by atoms with Gasteiger partial charge in [0.05, 0.1) is 17.2 Å². The Morgan fingerprint density at radius 1 is 1.21 bits per heavy atom. The van der Waals surface area contributed by atoms with Crippen molar-refractivity contribution in [2.45, 2.75) is 6.92 Å². The number of halogens is 1. The number of carbonyl (C=O) groups excluding carboxylic acids is 1. The number of amides is 1. The number of aromatic hydroxyl groups is 2. The maximum Gasteiger partial charge on any atom is 0.307 e. The number of fused-ring (bicyclic) bond motifs is 1. The monoisotopic (exact) mass is 328 g/mol. The Bertz CT molecular complexity index is 942. The van der Waals surface area contributed by atoms with Gasteiger partial charge in [-0.15, -0.1) is 0 Å². The van der Waals surface area contributed by atoms with Gasteiger partial charge in [-0.1, -0.05) is 12.1 Å². The molecule has 1 amide bonds. The third kappa shape index (κ3) is 2.67. The second kappa shape index (κ2) is 6.04. The molecule has 1 aromatic heterocycles. The smallest absolute Gasteiger partial charge is 0.307 e. The minimum absolute atomic E-state index is 0.00702. The van der Waals surface area contributed by atoms with E-state index in [1.54, 1.807) is 19.1 Å². The lowest BCUT2D eigenvalue weighted by Gasteiger charge is -2.00. The van der Waals surface area contributed by atoms with Gasteiger partial charge in [-0.2, -0.15) is 5.10 Å². The van der Waals surface area contributed by atoms with Crippen LogP contribution in [-0.4, -0.2) is 22.3 Å². The zero-order valence-electron chi connectivity index (χ0n) is 12.6. The number of nitrogens with zero attached hydrogens (tertiary/aromatic N) is 1. The Morgan fingerprint density at radius 2 is 1.92 bits per heavy atom. The van der Waals surface area contributed by atoms with E-state index >= 15 is 0 Å². The van der Waals surface area contributed by atoms with Gasteiger partial charge >= 0.3 is 5.91 Å². The molecule has 0 aliphatic heterocycles. The number of carbonyl (C=O) groups is 1. The summed E-state index contributed by atoms with van der Waals surface area (Å²) < 4.78 is 19.0. The highest BCUT2D eigenvalue weighted by Gasteiger charge is 2.19. The molecule has 2 aromatic carbocycles. The second-order valence-electron chi connectivity index (χ2n) is 5.08. The highest BCUT2D eigenvalue weighted by atomic mass is 19.1. The number of nitrogens with one attached hydrogen (secondary N) is 1. The van der Waals surface area contributed by atoms with Gasteiger partial charge < -0.3 is 14.6 Å². The van der Waals surface area contributed by atoms with E-state index in [-0.39, 0.29) is 22.8 Å². The topological polar surface area (TPSA) is 95.1 Å². The average molecular weight is 328 g/mol. The van der Waals surface area contributed by atoms with Gasteiger partial charge in [0.1, 0.15) is 22.9 Å². The highest BCUT2D eigenvalue weighted by Crippen LogP contribution is 2.32. The van der Waals surface area contributed by atoms with Crippen molar-refractivity contribution >= 4 is 23.1 Å². The first-order chi connectivity index (χ1) is 11.5. The van der Waals surface area contributed by atoms with Crippen LogP contribution in [0.2, 0.25) is 0 Å². The largest absolute Gasteiger partial charge is 0.507 e. The van der Waals surface area contributed by atoms with Gasteiger partial charge in [-0.25, -0.2) is 9.82 Å². The number of hydrogen-bond acceptors (Lipinski definition) is 5. The standard InChI is InChI=1S/C17H13FN2O4/c1-9-15-13(22)6-3-7-14(15)24-16(9)17(23)20-19-8-10-11(18)4-2-5-12(10)21/h2-8,21-22H,1H3,(H,20,23)/b19-8+. The molecule has 0 bridgehead atoms. The molecule has 1 heterocycles. The Labute approximate surface area is 135 Å². The summed E-state index contributed by atoms with van der Waals surface area (Å²) >= 11 is 0. The molecule has 0 fully saturated rings. The minimum Gasteiger partial charge on any atom is -0.507 e. The van der Waals surface area contributed by atoms with E-state index in [1.165, 1.54) is 18.2 Å². The van der Waals surface area contributed by atoms with Crippen LogP contribution in [-0.2, 0) is 0 Å². The molecule has 3 rings (SSSR count). The Balaban J connectivity index is 1.85. The van der Waals surface area contributed by atoms with E-state index in [0.717, 1.165) is 12.3 Å². The van der Waals surface area contributed by atoms with E-state index in [2.05, 4.69) is 10.5 Å². The Morgan fingerprint density at radius 3 is 2.62 bits per heavy atom. The first kappa shape index (κ1) is 15.5. The number of aryl methyl sites for hydroxylation is 1. The van der Waals surface area contributed by atoms with Gasteiger partial charge in [0.2, 0.25) is 0 Å². The Kier molecular flexibility index (Phi) is 3.91. The molecule has 6 nitrogen and oxygen atoms in total. The zero-order chi connectivity index (χ0) is 17.3. The number of rotatable bonds is 3. The van der Waals surface area contributed by atoms with Gasteiger partial charge in [-0.3, -0.25) is 4.79 Å². The molecule has 122 valence electrons. The number of phenolic OH excluding ortho intramolecular Hbond substituents is 2. The van der Waals surface area contributed by atoms with Crippen molar-refractivity contribution in [3.05, 3.63) is 59.1 Å². The van der Waals surface area contributed by atoms with Crippen molar-refractivity contribution in [1.29, 1.82) is 0 Å². The van der Waals surface area contributed by atoms with E-state index < -0.39 is 11.7 Å².